The molecule has 0 bridgehead atoms. The van der Waals surface area contributed by atoms with Crippen LogP contribution in [0.2, 0.25) is 0 Å². The molecule has 1 aromatic carbocycles. The van der Waals surface area contributed by atoms with Crippen LogP contribution in [0.5, 0.6) is 0 Å². The molecule has 2 rings (SSSR count). The molecule has 1 aromatic rings. The van der Waals surface area contributed by atoms with Crippen molar-refractivity contribution in [2.45, 2.75) is 31.2 Å². The zero-order chi connectivity index (χ0) is 16.7. The molecule has 6 nitrogen and oxygen atoms in total. The zero-order valence-electron chi connectivity index (χ0n) is 13.6. The third kappa shape index (κ3) is 2.88. The lowest BCUT2D eigenvalue weighted by atomic mass is 10.0. The average molecular weight is 326 g/mol. The summed E-state index contributed by atoms with van der Waals surface area (Å²) >= 11 is 0. The molecule has 0 radical (unpaired) electrons. The normalized spacial score (nSPS) is 18.0. The maximum absolute atomic E-state index is 12.7. The van der Waals surface area contributed by atoms with E-state index in [9.17, 15) is 13.2 Å². The van der Waals surface area contributed by atoms with Crippen molar-refractivity contribution in [2.75, 3.05) is 27.4 Å². The van der Waals surface area contributed by atoms with Crippen LogP contribution < -0.4 is 0 Å². The Labute approximate surface area is 131 Å². The van der Waals surface area contributed by atoms with Gasteiger partial charge in [-0.25, -0.2) is 12.7 Å². The maximum Gasteiger partial charge on any atom is 0.256 e. The summed E-state index contributed by atoms with van der Waals surface area (Å²) < 4.78 is 31.2. The SMILES string of the molecule is Cc1ccc(C(=O)N2COCC2(C)C)cc1S(=O)(=O)N(C)C. The minimum atomic E-state index is -3.58. The van der Waals surface area contributed by atoms with E-state index in [4.69, 9.17) is 4.74 Å². The second-order valence-corrected chi connectivity index (χ2v) is 8.41. The van der Waals surface area contributed by atoms with Crippen LogP contribution in [-0.2, 0) is 14.8 Å². The number of sulfonamides is 1. The third-order valence-corrected chi connectivity index (χ3v) is 5.80. The highest BCUT2D eigenvalue weighted by Gasteiger charge is 2.37. The topological polar surface area (TPSA) is 66.9 Å². The van der Waals surface area contributed by atoms with E-state index >= 15 is 0 Å². The van der Waals surface area contributed by atoms with Gasteiger partial charge in [0.1, 0.15) is 6.73 Å². The molecule has 122 valence electrons. The fourth-order valence-electron chi connectivity index (χ4n) is 2.34. The quantitative estimate of drug-likeness (QED) is 0.843. The van der Waals surface area contributed by atoms with Crippen LogP contribution in [0.4, 0.5) is 0 Å². The molecule has 1 saturated heterocycles. The predicted molar refractivity (Wildman–Crippen MR) is 83.1 cm³/mol. The van der Waals surface area contributed by atoms with Crippen molar-refractivity contribution in [3.63, 3.8) is 0 Å². The van der Waals surface area contributed by atoms with E-state index in [0.29, 0.717) is 17.7 Å². The Hall–Kier alpha value is -1.44. The molecule has 22 heavy (non-hydrogen) atoms. The summed E-state index contributed by atoms with van der Waals surface area (Å²) in [7, 11) is -0.639. The molecule has 1 aliphatic rings. The average Bonchev–Trinajstić information content (AvgIpc) is 2.77. The highest BCUT2D eigenvalue weighted by molar-refractivity contribution is 7.89. The van der Waals surface area contributed by atoms with Crippen molar-refractivity contribution in [3.8, 4) is 0 Å². The first-order valence-electron chi connectivity index (χ1n) is 7.00. The van der Waals surface area contributed by atoms with Gasteiger partial charge in [0.15, 0.2) is 0 Å². The van der Waals surface area contributed by atoms with E-state index in [1.165, 1.54) is 20.2 Å². The molecule has 7 heteroatoms. The summed E-state index contributed by atoms with van der Waals surface area (Å²) in [6.07, 6.45) is 0. The highest BCUT2D eigenvalue weighted by Crippen LogP contribution is 2.26. The number of hydrogen-bond acceptors (Lipinski definition) is 4. The van der Waals surface area contributed by atoms with E-state index in [-0.39, 0.29) is 17.5 Å². The second kappa shape index (κ2) is 5.64. The summed E-state index contributed by atoms with van der Waals surface area (Å²) in [5.41, 5.74) is 0.564. The van der Waals surface area contributed by atoms with Crippen molar-refractivity contribution in [1.82, 2.24) is 9.21 Å². The molecule has 1 amide bonds. The van der Waals surface area contributed by atoms with Crippen molar-refractivity contribution in [2.24, 2.45) is 0 Å². The molecular formula is C15H22N2O4S. The fourth-order valence-corrected chi connectivity index (χ4v) is 3.48. The standard InChI is InChI=1S/C15H22N2O4S/c1-11-6-7-12(8-13(11)22(19,20)16(4)5)14(18)17-10-21-9-15(17,2)3/h6-8H,9-10H2,1-5H3. The lowest BCUT2D eigenvalue weighted by Crippen LogP contribution is -2.44. The molecule has 0 aromatic heterocycles. The van der Waals surface area contributed by atoms with Gasteiger partial charge in [0, 0.05) is 19.7 Å². The number of aryl methyl sites for hydroxylation is 1. The first kappa shape index (κ1) is 16.9. The predicted octanol–water partition coefficient (Wildman–Crippen LogP) is 1.45. The molecule has 0 N–H and O–H groups in total. The van der Waals surface area contributed by atoms with Crippen molar-refractivity contribution in [1.29, 1.82) is 0 Å². The van der Waals surface area contributed by atoms with Crippen LogP contribution in [-0.4, -0.2) is 56.5 Å². The first-order valence-corrected chi connectivity index (χ1v) is 8.44. The summed E-state index contributed by atoms with van der Waals surface area (Å²) in [6.45, 7) is 6.24. The van der Waals surface area contributed by atoms with Gasteiger partial charge in [-0.2, -0.15) is 0 Å². The Morgan fingerprint density at radius 2 is 1.95 bits per heavy atom. The van der Waals surface area contributed by atoms with Crippen molar-refractivity contribution < 1.29 is 17.9 Å². The smallest absolute Gasteiger partial charge is 0.256 e. The monoisotopic (exact) mass is 326 g/mol. The number of ether oxygens (including phenoxy) is 1. The molecule has 0 atom stereocenters. The number of carbonyl (C=O) groups excluding carboxylic acids is 1. The molecule has 1 heterocycles. The summed E-state index contributed by atoms with van der Waals surface area (Å²) in [5, 5.41) is 0. The zero-order valence-corrected chi connectivity index (χ0v) is 14.4. The van der Waals surface area contributed by atoms with Gasteiger partial charge in [-0.1, -0.05) is 6.07 Å². The van der Waals surface area contributed by atoms with Crippen LogP contribution in [0, 0.1) is 6.92 Å². The fraction of sp³-hybridized carbons (Fsp3) is 0.533. The Kier molecular flexibility index (Phi) is 4.34. The number of amides is 1. The minimum absolute atomic E-state index is 0.154. The number of rotatable bonds is 3. The van der Waals surface area contributed by atoms with Crippen LogP contribution in [0.1, 0.15) is 29.8 Å². The van der Waals surface area contributed by atoms with E-state index in [1.807, 2.05) is 13.8 Å². The molecule has 0 aliphatic carbocycles. The van der Waals surface area contributed by atoms with E-state index in [0.717, 1.165) is 4.31 Å². The Balaban J connectivity index is 2.45. The molecule has 1 aliphatic heterocycles. The number of benzene rings is 1. The van der Waals surface area contributed by atoms with Crippen molar-refractivity contribution >= 4 is 15.9 Å². The van der Waals surface area contributed by atoms with E-state index in [2.05, 4.69) is 0 Å². The van der Waals surface area contributed by atoms with Gasteiger partial charge >= 0.3 is 0 Å². The summed E-state index contributed by atoms with van der Waals surface area (Å²) in [5.74, 6) is -0.224. The maximum atomic E-state index is 12.7. The van der Waals surface area contributed by atoms with Gasteiger partial charge < -0.3 is 9.64 Å². The van der Waals surface area contributed by atoms with Gasteiger partial charge in [0.25, 0.3) is 5.91 Å². The highest BCUT2D eigenvalue weighted by atomic mass is 32.2. The number of hydrogen-bond donors (Lipinski definition) is 0. The second-order valence-electron chi connectivity index (χ2n) is 6.29. The van der Waals surface area contributed by atoms with Gasteiger partial charge in [-0.15, -0.1) is 0 Å². The Bertz CT molecular complexity index is 695. The number of nitrogens with zero attached hydrogens (tertiary/aromatic N) is 2. The lowest BCUT2D eigenvalue weighted by molar-refractivity contribution is 0.0605. The first-order chi connectivity index (χ1) is 10.1. The molecule has 1 fully saturated rings. The Morgan fingerprint density at radius 1 is 1.32 bits per heavy atom. The minimum Gasteiger partial charge on any atom is -0.359 e. The Morgan fingerprint density at radius 3 is 2.45 bits per heavy atom. The van der Waals surface area contributed by atoms with Gasteiger partial charge in [-0.3, -0.25) is 4.79 Å². The van der Waals surface area contributed by atoms with Crippen LogP contribution in [0.3, 0.4) is 0 Å². The van der Waals surface area contributed by atoms with Crippen LogP contribution in [0.25, 0.3) is 0 Å². The van der Waals surface area contributed by atoms with E-state index < -0.39 is 15.6 Å². The largest absolute Gasteiger partial charge is 0.359 e. The lowest BCUT2D eigenvalue weighted by Gasteiger charge is -2.29. The molecule has 0 spiro atoms. The summed E-state index contributed by atoms with van der Waals surface area (Å²) in [4.78, 5) is 14.4. The molecular weight excluding hydrogens is 304 g/mol. The molecule has 0 saturated carbocycles. The molecule has 0 unspecified atom stereocenters. The van der Waals surface area contributed by atoms with Gasteiger partial charge in [0.2, 0.25) is 10.0 Å². The van der Waals surface area contributed by atoms with Crippen molar-refractivity contribution in [3.05, 3.63) is 29.3 Å². The van der Waals surface area contributed by atoms with Crippen LogP contribution in [0.15, 0.2) is 23.1 Å². The van der Waals surface area contributed by atoms with Gasteiger partial charge in [0.05, 0.1) is 17.0 Å². The van der Waals surface area contributed by atoms with E-state index in [1.54, 1.807) is 24.0 Å². The van der Waals surface area contributed by atoms with Crippen LogP contribution >= 0.6 is 0 Å². The third-order valence-electron chi connectivity index (χ3n) is 3.85. The summed E-state index contributed by atoms with van der Waals surface area (Å²) in [6, 6.07) is 4.76. The number of carbonyl (C=O) groups is 1. The van der Waals surface area contributed by atoms with Gasteiger partial charge in [-0.05, 0) is 38.5 Å².